The van der Waals surface area contributed by atoms with Crippen LogP contribution in [-0.4, -0.2) is 12.5 Å². The van der Waals surface area contributed by atoms with Crippen molar-refractivity contribution in [1.82, 2.24) is 5.32 Å². The first-order chi connectivity index (χ1) is 10.0. The lowest BCUT2D eigenvalue weighted by atomic mass is 10.1. The van der Waals surface area contributed by atoms with E-state index in [-0.39, 0.29) is 24.9 Å². The number of ether oxygens (including phenoxy) is 1. The molecule has 0 aromatic heterocycles. The van der Waals surface area contributed by atoms with Crippen LogP contribution in [0.1, 0.15) is 11.1 Å². The summed E-state index contributed by atoms with van der Waals surface area (Å²) in [5.74, 6) is -0.0253. The highest BCUT2D eigenvalue weighted by atomic mass is 19.1. The van der Waals surface area contributed by atoms with Crippen molar-refractivity contribution >= 4 is 11.6 Å². The molecule has 4 nitrogen and oxygen atoms in total. The summed E-state index contributed by atoms with van der Waals surface area (Å²) >= 11 is 0. The number of nitrogens with two attached hydrogens (primary N) is 1. The summed E-state index contributed by atoms with van der Waals surface area (Å²) in [4.78, 5) is 11.7. The van der Waals surface area contributed by atoms with Crippen LogP contribution in [0.2, 0.25) is 0 Å². The largest absolute Gasteiger partial charge is 0.484 e. The number of hydrogen-bond acceptors (Lipinski definition) is 3. The van der Waals surface area contributed by atoms with E-state index in [1.54, 1.807) is 43.3 Å². The lowest BCUT2D eigenvalue weighted by molar-refractivity contribution is -0.123. The van der Waals surface area contributed by atoms with Gasteiger partial charge in [0, 0.05) is 18.3 Å². The van der Waals surface area contributed by atoms with E-state index in [1.165, 1.54) is 6.07 Å². The van der Waals surface area contributed by atoms with Crippen LogP contribution in [0.3, 0.4) is 0 Å². The number of carbonyl (C=O) groups excluding carboxylic acids is 1. The first kappa shape index (κ1) is 14.8. The molecule has 3 N–H and O–H groups in total. The van der Waals surface area contributed by atoms with Crippen LogP contribution in [-0.2, 0) is 11.3 Å². The summed E-state index contributed by atoms with van der Waals surface area (Å²) in [5.41, 5.74) is 7.47. The summed E-state index contributed by atoms with van der Waals surface area (Å²) in [6.07, 6.45) is 0. The Bertz CT molecular complexity index is 644. The molecular formula is C16H17FN2O2. The number of rotatable bonds is 5. The highest BCUT2D eigenvalue weighted by Gasteiger charge is 2.04. The Labute approximate surface area is 122 Å². The quantitative estimate of drug-likeness (QED) is 0.830. The Morgan fingerprint density at radius 2 is 2.10 bits per heavy atom. The predicted octanol–water partition coefficient (Wildman–Crippen LogP) is 2.41. The number of hydrogen-bond donors (Lipinski definition) is 2. The van der Waals surface area contributed by atoms with Crippen LogP contribution in [0.4, 0.5) is 10.1 Å². The van der Waals surface area contributed by atoms with Crippen LogP contribution >= 0.6 is 0 Å². The number of aryl methyl sites for hydroxylation is 1. The summed E-state index contributed by atoms with van der Waals surface area (Å²) in [6.45, 7) is 1.84. The van der Waals surface area contributed by atoms with Gasteiger partial charge in [-0.05, 0) is 36.2 Å². The Balaban J connectivity index is 1.80. The van der Waals surface area contributed by atoms with Gasteiger partial charge >= 0.3 is 0 Å². The van der Waals surface area contributed by atoms with E-state index < -0.39 is 0 Å². The first-order valence-electron chi connectivity index (χ1n) is 6.54. The molecule has 2 aromatic rings. The van der Waals surface area contributed by atoms with Crippen molar-refractivity contribution in [1.29, 1.82) is 0 Å². The maximum atomic E-state index is 13.4. The molecule has 0 aliphatic rings. The molecule has 1 amide bonds. The molecule has 0 fully saturated rings. The van der Waals surface area contributed by atoms with Crippen molar-refractivity contribution in [2.45, 2.75) is 13.5 Å². The first-order valence-corrected chi connectivity index (χ1v) is 6.54. The zero-order valence-electron chi connectivity index (χ0n) is 11.7. The molecule has 0 unspecified atom stereocenters. The van der Waals surface area contributed by atoms with Gasteiger partial charge in [-0.1, -0.05) is 18.2 Å². The molecule has 0 aliphatic carbocycles. The van der Waals surface area contributed by atoms with Gasteiger partial charge in [0.2, 0.25) is 0 Å². The Morgan fingerprint density at radius 3 is 2.81 bits per heavy atom. The Morgan fingerprint density at radius 1 is 1.29 bits per heavy atom. The number of nitrogens with one attached hydrogen (secondary N) is 1. The second-order valence-corrected chi connectivity index (χ2v) is 4.72. The molecule has 0 saturated heterocycles. The molecule has 0 saturated carbocycles. The summed E-state index contributed by atoms with van der Waals surface area (Å²) in [7, 11) is 0. The molecule has 2 aromatic carbocycles. The normalized spacial score (nSPS) is 10.2. The molecule has 2 rings (SSSR count). The zero-order valence-corrected chi connectivity index (χ0v) is 11.7. The van der Waals surface area contributed by atoms with Crippen LogP contribution in [0.25, 0.3) is 0 Å². The van der Waals surface area contributed by atoms with E-state index in [9.17, 15) is 9.18 Å². The van der Waals surface area contributed by atoms with Crippen molar-refractivity contribution in [2.24, 2.45) is 0 Å². The van der Waals surface area contributed by atoms with Crippen molar-refractivity contribution < 1.29 is 13.9 Å². The summed E-state index contributed by atoms with van der Waals surface area (Å²) in [6, 6.07) is 11.7. The fourth-order valence-electron chi connectivity index (χ4n) is 1.75. The highest BCUT2D eigenvalue weighted by molar-refractivity contribution is 5.77. The SMILES string of the molecule is Cc1ccc(CNC(=O)COc2cccc(N)c2)cc1F. The third kappa shape index (κ3) is 4.49. The molecule has 5 heteroatoms. The average Bonchev–Trinajstić information content (AvgIpc) is 2.46. The molecule has 0 atom stereocenters. The van der Waals surface area contributed by atoms with Gasteiger partial charge in [0.05, 0.1) is 0 Å². The van der Waals surface area contributed by atoms with Crippen LogP contribution in [0, 0.1) is 12.7 Å². The van der Waals surface area contributed by atoms with Crippen molar-refractivity contribution in [3.05, 3.63) is 59.4 Å². The number of benzene rings is 2. The zero-order chi connectivity index (χ0) is 15.2. The van der Waals surface area contributed by atoms with Gasteiger partial charge in [0.25, 0.3) is 5.91 Å². The van der Waals surface area contributed by atoms with Gasteiger partial charge in [-0.2, -0.15) is 0 Å². The van der Waals surface area contributed by atoms with Crippen LogP contribution in [0.5, 0.6) is 5.75 Å². The maximum absolute atomic E-state index is 13.4. The minimum absolute atomic E-state index is 0.113. The standard InChI is InChI=1S/C16H17FN2O2/c1-11-5-6-12(7-15(11)17)9-19-16(20)10-21-14-4-2-3-13(18)8-14/h2-8H,9-10,18H2,1H3,(H,19,20). The molecule has 0 radical (unpaired) electrons. The Hall–Kier alpha value is -2.56. The third-order valence-electron chi connectivity index (χ3n) is 2.95. The topological polar surface area (TPSA) is 64.3 Å². The fourth-order valence-corrected chi connectivity index (χ4v) is 1.75. The van der Waals surface area contributed by atoms with Crippen LogP contribution < -0.4 is 15.8 Å². The fraction of sp³-hybridized carbons (Fsp3) is 0.188. The van der Waals surface area contributed by atoms with Crippen molar-refractivity contribution in [3.8, 4) is 5.75 Å². The van der Waals surface area contributed by atoms with Gasteiger partial charge < -0.3 is 15.8 Å². The lowest BCUT2D eigenvalue weighted by Crippen LogP contribution is -2.28. The van der Waals surface area contributed by atoms with Crippen molar-refractivity contribution in [2.75, 3.05) is 12.3 Å². The number of anilines is 1. The number of nitrogen functional groups attached to an aromatic ring is 1. The second kappa shape index (κ2) is 6.74. The van der Waals surface area contributed by atoms with Gasteiger partial charge in [-0.15, -0.1) is 0 Å². The molecule has 110 valence electrons. The van der Waals surface area contributed by atoms with Gasteiger partial charge in [-0.25, -0.2) is 4.39 Å². The van der Waals surface area contributed by atoms with E-state index in [4.69, 9.17) is 10.5 Å². The van der Waals surface area contributed by atoms with E-state index in [0.717, 1.165) is 0 Å². The van der Waals surface area contributed by atoms with E-state index in [1.807, 2.05) is 0 Å². The average molecular weight is 288 g/mol. The van der Waals surface area contributed by atoms with E-state index >= 15 is 0 Å². The number of halogens is 1. The molecule has 21 heavy (non-hydrogen) atoms. The lowest BCUT2D eigenvalue weighted by Gasteiger charge is -2.08. The van der Waals surface area contributed by atoms with Gasteiger partial charge in [0.15, 0.2) is 6.61 Å². The van der Waals surface area contributed by atoms with Crippen LogP contribution in [0.15, 0.2) is 42.5 Å². The molecular weight excluding hydrogens is 271 g/mol. The molecule has 0 bridgehead atoms. The number of carbonyl (C=O) groups is 1. The number of amides is 1. The van der Waals surface area contributed by atoms with Gasteiger partial charge in [-0.3, -0.25) is 4.79 Å². The molecule has 0 heterocycles. The van der Waals surface area contributed by atoms with E-state index in [2.05, 4.69) is 5.32 Å². The smallest absolute Gasteiger partial charge is 0.258 e. The predicted molar refractivity (Wildman–Crippen MR) is 79.3 cm³/mol. The van der Waals surface area contributed by atoms with Crippen molar-refractivity contribution in [3.63, 3.8) is 0 Å². The van der Waals surface area contributed by atoms with Gasteiger partial charge in [0.1, 0.15) is 11.6 Å². The summed E-state index contributed by atoms with van der Waals surface area (Å²) in [5, 5.41) is 2.67. The minimum Gasteiger partial charge on any atom is -0.484 e. The minimum atomic E-state index is -0.280. The van der Waals surface area contributed by atoms with E-state index in [0.29, 0.717) is 22.6 Å². The second-order valence-electron chi connectivity index (χ2n) is 4.72. The maximum Gasteiger partial charge on any atom is 0.258 e. The molecule has 0 spiro atoms. The monoisotopic (exact) mass is 288 g/mol. The highest BCUT2D eigenvalue weighted by Crippen LogP contribution is 2.14. The summed E-state index contributed by atoms with van der Waals surface area (Å²) < 4.78 is 18.7. The third-order valence-corrected chi connectivity index (χ3v) is 2.95. The Kier molecular flexibility index (Phi) is 4.77. The molecule has 0 aliphatic heterocycles.